The van der Waals surface area contributed by atoms with Gasteiger partial charge in [0.1, 0.15) is 17.5 Å². The first kappa shape index (κ1) is 64.8. The summed E-state index contributed by atoms with van der Waals surface area (Å²) in [6.45, 7) is 1.65. The molecule has 1 aromatic heterocycles. The van der Waals surface area contributed by atoms with Crippen molar-refractivity contribution in [1.82, 2.24) is 45.9 Å². The number of phenolic OH excluding ortho intramolecular Hbond substituents is 1. The minimum absolute atomic E-state index is 0.0138. The molecule has 2 saturated heterocycles. The Hall–Kier alpha value is -8.16. The van der Waals surface area contributed by atoms with Crippen molar-refractivity contribution in [2.75, 3.05) is 44.4 Å². The molecule has 6 bridgehead atoms. The Morgan fingerprint density at radius 1 is 0.744 bits per heavy atom. The first-order chi connectivity index (χ1) is 43.2. The van der Waals surface area contributed by atoms with E-state index < -0.39 is 56.4 Å². The monoisotopic (exact) mass is 1280 g/mol. The highest BCUT2D eigenvalue weighted by atomic mass is 32.2. The fraction of sp³-hybridized carbons (Fsp3) is 0.379. The molecule has 6 aliphatic heterocycles. The van der Waals surface area contributed by atoms with Gasteiger partial charge >= 0.3 is 6.03 Å². The first-order valence-electron chi connectivity index (χ1n) is 30.4. The zero-order valence-corrected chi connectivity index (χ0v) is 52.9. The van der Waals surface area contributed by atoms with Gasteiger partial charge in [-0.25, -0.2) is 26.3 Å². The molecule has 7 aromatic rings. The summed E-state index contributed by atoms with van der Waals surface area (Å²) in [5, 5.41) is 47.7. The van der Waals surface area contributed by atoms with Crippen LogP contribution >= 0.6 is 11.8 Å². The molecule has 474 valence electrons. The number of carbonyl (C=O) groups is 5. The molecule has 7 atom stereocenters. The highest BCUT2D eigenvalue weighted by Gasteiger charge is 2.43. The second kappa shape index (κ2) is 28.8. The molecule has 0 spiro atoms. The minimum Gasteiger partial charge on any atom is -0.508 e. The van der Waals surface area contributed by atoms with Crippen molar-refractivity contribution < 1.29 is 51.0 Å². The van der Waals surface area contributed by atoms with E-state index in [0.29, 0.717) is 70.5 Å². The average Bonchev–Trinajstić information content (AvgIpc) is 0.985. The molecule has 6 aromatic carbocycles. The van der Waals surface area contributed by atoms with Crippen LogP contribution in [0.2, 0.25) is 0 Å². The van der Waals surface area contributed by atoms with Gasteiger partial charge in [0.15, 0.2) is 5.78 Å². The summed E-state index contributed by atoms with van der Waals surface area (Å²) in [4.78, 5) is 67.2. The lowest BCUT2D eigenvalue weighted by Crippen LogP contribution is -2.47. The van der Waals surface area contributed by atoms with Crippen molar-refractivity contribution in [2.45, 2.75) is 134 Å². The van der Waals surface area contributed by atoms with Gasteiger partial charge in [-0.3, -0.25) is 19.2 Å². The maximum atomic E-state index is 14.9. The highest BCUT2D eigenvalue weighted by molar-refractivity contribution is 8.00. The highest BCUT2D eigenvalue weighted by Crippen LogP contribution is 2.40. The van der Waals surface area contributed by atoms with Gasteiger partial charge in [0, 0.05) is 91.6 Å². The van der Waals surface area contributed by atoms with Crippen LogP contribution in [0, 0.1) is 0 Å². The number of aliphatic hydroxyl groups excluding tert-OH is 1. The van der Waals surface area contributed by atoms with Crippen LogP contribution < -0.4 is 31.5 Å². The van der Waals surface area contributed by atoms with Crippen molar-refractivity contribution >= 4 is 77.6 Å². The van der Waals surface area contributed by atoms with Crippen LogP contribution in [-0.2, 0) is 53.6 Å². The van der Waals surface area contributed by atoms with E-state index in [9.17, 15) is 51.0 Å². The molecule has 0 radical (unpaired) electrons. The number of ketones is 1. The lowest BCUT2D eigenvalue weighted by Gasteiger charge is -2.32. The van der Waals surface area contributed by atoms with E-state index in [2.05, 4.69) is 36.9 Å². The largest absolute Gasteiger partial charge is 0.508 e. The number of unbranched alkanes of at least 4 members (excludes halogenated alkanes) is 3. The number of aliphatic hydroxyl groups is 1. The normalized spacial score (nSPS) is 19.3. The number of nitrogens with zero attached hydrogens (tertiary/aromatic N) is 5. The Morgan fingerprint density at radius 3 is 2.18 bits per heavy atom. The second-order valence-electron chi connectivity index (χ2n) is 23.6. The van der Waals surface area contributed by atoms with E-state index in [1.54, 1.807) is 85.1 Å². The maximum Gasteiger partial charge on any atom is 0.315 e. The lowest BCUT2D eigenvalue weighted by molar-refractivity contribution is -0.129. The van der Waals surface area contributed by atoms with Crippen molar-refractivity contribution in [3.05, 3.63) is 173 Å². The van der Waals surface area contributed by atoms with Gasteiger partial charge < -0.3 is 41.7 Å². The number of aromatic hydroxyl groups is 1. The van der Waals surface area contributed by atoms with E-state index in [1.807, 2.05) is 55.9 Å². The van der Waals surface area contributed by atoms with Gasteiger partial charge in [0.2, 0.25) is 37.6 Å². The summed E-state index contributed by atoms with van der Waals surface area (Å²) in [5.41, 5.74) is 4.07. The van der Waals surface area contributed by atoms with Gasteiger partial charge in [-0.2, -0.15) is 16.1 Å². The summed E-state index contributed by atoms with van der Waals surface area (Å²) >= 11 is 1.85. The predicted molar refractivity (Wildman–Crippen MR) is 343 cm³/mol. The van der Waals surface area contributed by atoms with Crippen LogP contribution in [0.3, 0.4) is 0 Å². The molecule has 7 N–H and O–H groups in total. The molecule has 2 unspecified atom stereocenters. The number of thioether (sulfide) groups is 1. The Morgan fingerprint density at radius 2 is 1.43 bits per heavy atom. The number of carbonyl (C=O) groups excluding carboxylic acids is 5. The van der Waals surface area contributed by atoms with Crippen LogP contribution in [0.25, 0.3) is 10.8 Å². The number of sulfone groups is 1. The number of urea groups is 1. The van der Waals surface area contributed by atoms with E-state index in [-0.39, 0.29) is 94.2 Å². The number of anilines is 1. The molecule has 13 rings (SSSR count). The standard InChI is InChI=1S/C66H76N10O11S3/c1-42-38-75(90(86,87)50-30-28-49(29-31-50)89(84,85)59-17-12-15-53-52(59)33-32-51(42)63(53)74(2)3)40-57(78)56(36-44-22-26-48(77)27-23-44)76-39-47(72-73-76)37-68-65(82)54(35-43-20-24-46(25-21-43)64(81)45-13-6-4-7-14-45)69-61(80)19-8-5-11-34-67-60(79)18-10-9-16-58-62-55(41-88-58)70-66(83)71-62/h4,6-7,12-15,17,20-33,39,42,54-58,62,77-78H,5,8-11,16,18-19,34-38,40-41H2,1-3H3,(H,67,79)(H,68,82)(H,69,80)(H2,70,71,83)/t42?,54-,55-,56-,57?,58-,62-/m0/s1. The molecule has 90 heavy (non-hydrogen) atoms. The zero-order valence-electron chi connectivity index (χ0n) is 50.5. The molecule has 2 fully saturated rings. The third kappa shape index (κ3) is 15.3. The molecule has 7 heterocycles. The number of aromatic nitrogens is 3. The predicted octanol–water partition coefficient (Wildman–Crippen LogP) is 6.97. The third-order valence-corrected chi connectivity index (χ3v) is 22.1. The Kier molecular flexibility index (Phi) is 20.7. The van der Waals surface area contributed by atoms with Crippen molar-refractivity contribution in [3.63, 3.8) is 0 Å². The summed E-state index contributed by atoms with van der Waals surface area (Å²) in [5.74, 6) is -0.667. The summed E-state index contributed by atoms with van der Waals surface area (Å²) in [6, 6.07) is 33.9. The maximum absolute atomic E-state index is 14.9. The van der Waals surface area contributed by atoms with E-state index >= 15 is 0 Å². The Labute approximate surface area is 528 Å². The fourth-order valence-electron chi connectivity index (χ4n) is 12.1. The molecule has 6 aliphatic rings. The van der Waals surface area contributed by atoms with Gasteiger partial charge in [0.05, 0.1) is 51.7 Å². The number of phenols is 1. The lowest BCUT2D eigenvalue weighted by atomic mass is 9.94. The van der Waals surface area contributed by atoms with Crippen molar-refractivity contribution in [2.24, 2.45) is 0 Å². The van der Waals surface area contributed by atoms with E-state index in [1.165, 1.54) is 45.4 Å². The summed E-state index contributed by atoms with van der Waals surface area (Å²) in [6.07, 6.45) is 5.15. The number of fused-ring (bicyclic) bond motifs is 1. The van der Waals surface area contributed by atoms with Gasteiger partial charge in [0.25, 0.3) is 0 Å². The van der Waals surface area contributed by atoms with Gasteiger partial charge in [-0.1, -0.05) is 116 Å². The number of sulfonamides is 1. The smallest absolute Gasteiger partial charge is 0.315 e. The zero-order chi connectivity index (χ0) is 63.7. The number of hydrogen-bond donors (Lipinski definition) is 7. The van der Waals surface area contributed by atoms with E-state index in [4.69, 9.17) is 0 Å². The van der Waals surface area contributed by atoms with Gasteiger partial charge in [-0.05, 0) is 97.2 Å². The molecule has 21 nitrogen and oxygen atoms in total. The number of benzene rings is 6. The minimum atomic E-state index is -4.44. The average molecular weight is 1280 g/mol. The Bertz CT molecular complexity index is 3950. The molecular formula is C66H76N10O11S3. The van der Waals surface area contributed by atoms with Crippen LogP contribution in [0.5, 0.6) is 5.75 Å². The topological polar surface area (TPSA) is 291 Å². The molecule has 0 saturated carbocycles. The molecule has 0 aliphatic carbocycles. The fourth-order valence-corrected chi connectivity index (χ4v) is 16.7. The molecular weight excluding hydrogens is 1200 g/mol. The molecule has 24 heteroatoms. The quantitative estimate of drug-likeness (QED) is 0.0164. The van der Waals surface area contributed by atoms with Crippen molar-refractivity contribution in [3.8, 4) is 5.75 Å². The third-order valence-electron chi connectivity index (χ3n) is 16.9. The van der Waals surface area contributed by atoms with Crippen LogP contribution in [0.4, 0.5) is 10.5 Å². The number of hydrogen-bond acceptors (Lipinski definition) is 15. The number of rotatable bonds is 26. The van der Waals surface area contributed by atoms with Crippen molar-refractivity contribution in [1.29, 1.82) is 0 Å². The Balaban J connectivity index is 0.813. The number of nitrogens with one attached hydrogen (secondary N) is 5. The van der Waals surface area contributed by atoms with Crippen LogP contribution in [-0.4, -0.2) is 145 Å². The number of amides is 5. The second-order valence-corrected chi connectivity index (χ2v) is 28.7. The SMILES string of the molecule is CC1CN(CC(O)[C@H](Cc2ccc(O)cc2)n2cc(CNC(=O)[C@H](Cc3ccc(C(=O)c4ccccc4)cc3)NC(=O)CCCCCNC(=O)CCCC[C@@H]3SC[C@@H]4NC(=O)N[C@@H]43)nn2)S(=O)(=O)c2ccc(cc2)S(=O)(=O)c2cccc3c(N(C)C)c1ccc23. The van der Waals surface area contributed by atoms with E-state index in [0.717, 1.165) is 36.3 Å². The summed E-state index contributed by atoms with van der Waals surface area (Å²) < 4.78 is 60.9. The summed E-state index contributed by atoms with van der Waals surface area (Å²) in [7, 11) is -4.86. The van der Waals surface area contributed by atoms with Crippen LogP contribution in [0.1, 0.15) is 109 Å². The first-order valence-corrected chi connectivity index (χ1v) is 34.4. The molecule has 5 amide bonds. The van der Waals surface area contributed by atoms with Crippen LogP contribution in [0.15, 0.2) is 154 Å². The van der Waals surface area contributed by atoms with Gasteiger partial charge in [-0.15, -0.1) is 5.10 Å².